The Hall–Kier alpha value is -3.65. The number of rotatable bonds is 3. The molecular weight excluding hydrogens is 472 g/mol. The Kier molecular flexibility index (Phi) is 4.74. The van der Waals surface area contributed by atoms with Gasteiger partial charge in [-0.3, -0.25) is 14.4 Å². The van der Waals surface area contributed by atoms with E-state index in [1.165, 1.54) is 11.2 Å². The van der Waals surface area contributed by atoms with E-state index < -0.39 is 17.7 Å². The molecule has 0 N–H and O–H groups in total. The summed E-state index contributed by atoms with van der Waals surface area (Å²) in [5.41, 5.74) is 3.03. The van der Waals surface area contributed by atoms with Crippen LogP contribution in [0.25, 0.3) is 10.8 Å². The molecule has 0 spiro atoms. The van der Waals surface area contributed by atoms with Gasteiger partial charge in [0, 0.05) is 16.1 Å². The van der Waals surface area contributed by atoms with E-state index >= 15 is 0 Å². The molecule has 0 unspecified atom stereocenters. The van der Waals surface area contributed by atoms with E-state index in [2.05, 4.69) is 26.1 Å². The molecule has 0 bridgehead atoms. The highest BCUT2D eigenvalue weighted by molar-refractivity contribution is 9.10. The molecule has 0 radical (unpaired) electrons. The van der Waals surface area contributed by atoms with Crippen LogP contribution >= 0.6 is 15.9 Å². The fourth-order valence-electron chi connectivity index (χ4n) is 3.91. The smallest absolute Gasteiger partial charge is 0.271 e. The second-order valence-corrected chi connectivity index (χ2v) is 8.57. The minimum atomic E-state index is -0.765. The minimum absolute atomic E-state index is 0.293. The molecule has 0 aliphatic carbocycles. The Balaban J connectivity index is 1.46. The van der Waals surface area contributed by atoms with Gasteiger partial charge in [0.05, 0.1) is 22.5 Å². The third-order valence-corrected chi connectivity index (χ3v) is 6.32. The molecule has 7 nitrogen and oxygen atoms in total. The van der Waals surface area contributed by atoms with Crippen LogP contribution in [0.1, 0.15) is 33.2 Å². The van der Waals surface area contributed by atoms with Crippen LogP contribution in [-0.4, -0.2) is 34.7 Å². The normalized spacial score (nSPS) is 18.3. The van der Waals surface area contributed by atoms with Crippen molar-refractivity contribution in [2.24, 2.45) is 16.1 Å². The molecule has 5 rings (SSSR count). The van der Waals surface area contributed by atoms with E-state index in [1.807, 2.05) is 37.3 Å². The van der Waals surface area contributed by atoms with E-state index in [4.69, 9.17) is 0 Å². The van der Waals surface area contributed by atoms with Crippen LogP contribution in [0, 0.1) is 12.8 Å². The summed E-state index contributed by atoms with van der Waals surface area (Å²) >= 11 is 3.47. The molecule has 158 valence electrons. The van der Waals surface area contributed by atoms with Crippen LogP contribution in [0.5, 0.6) is 0 Å². The highest BCUT2D eigenvalue weighted by Gasteiger charge is 2.36. The topological polar surface area (TPSA) is 82.4 Å². The molecule has 0 aromatic heterocycles. The van der Waals surface area contributed by atoms with Crippen LogP contribution in [0.3, 0.4) is 0 Å². The largest absolute Gasteiger partial charge is 0.282 e. The van der Waals surface area contributed by atoms with E-state index in [9.17, 15) is 14.4 Å². The number of nitrogens with zero attached hydrogens (tertiary/aromatic N) is 4. The van der Waals surface area contributed by atoms with Crippen LogP contribution in [0.2, 0.25) is 0 Å². The highest BCUT2D eigenvalue weighted by atomic mass is 79.9. The summed E-state index contributed by atoms with van der Waals surface area (Å²) < 4.78 is 0.801. The Morgan fingerprint density at radius 1 is 0.938 bits per heavy atom. The SMILES string of the molecule is CC1=NN(c2ccc(C)cc2)C(=O)[C@H]1C=NN1C(=O)c2cccc3c(Br)ccc(c23)C1=O. The molecule has 0 saturated carbocycles. The standard InChI is InChI=1S/C24H17BrN4O3/c1-13-6-8-15(9-7-13)28-24(32)19(14(2)27-28)12-26-29-22(30)17-5-3-4-16-20(25)11-10-18(21(16)17)23(29)31/h3-12,19H,1-2H3/t19-/m0/s1. The molecule has 1 atom stereocenters. The Labute approximate surface area is 192 Å². The lowest BCUT2D eigenvalue weighted by molar-refractivity contribution is -0.118. The lowest BCUT2D eigenvalue weighted by Gasteiger charge is -2.23. The fraction of sp³-hybridized carbons (Fsp3) is 0.125. The van der Waals surface area contributed by atoms with Gasteiger partial charge in [0.25, 0.3) is 17.7 Å². The van der Waals surface area contributed by atoms with Crippen LogP contribution in [0.4, 0.5) is 5.69 Å². The van der Waals surface area contributed by atoms with Crippen LogP contribution in [-0.2, 0) is 4.79 Å². The van der Waals surface area contributed by atoms with Gasteiger partial charge in [-0.25, -0.2) is 0 Å². The first-order valence-electron chi connectivity index (χ1n) is 9.96. The zero-order valence-electron chi connectivity index (χ0n) is 17.2. The second kappa shape index (κ2) is 7.49. The number of hydrogen-bond donors (Lipinski definition) is 0. The average Bonchev–Trinajstić information content (AvgIpc) is 3.07. The van der Waals surface area contributed by atoms with Gasteiger partial charge in [0.15, 0.2) is 0 Å². The summed E-state index contributed by atoms with van der Waals surface area (Å²) in [5, 5.41) is 12.0. The van der Waals surface area contributed by atoms with Crippen LogP contribution in [0.15, 0.2) is 69.3 Å². The highest BCUT2D eigenvalue weighted by Crippen LogP contribution is 2.34. The average molecular weight is 489 g/mol. The van der Waals surface area contributed by atoms with Crippen molar-refractivity contribution in [1.29, 1.82) is 0 Å². The molecule has 0 fully saturated rings. The van der Waals surface area contributed by atoms with Crippen molar-refractivity contribution in [1.82, 2.24) is 5.01 Å². The van der Waals surface area contributed by atoms with Gasteiger partial charge in [0.1, 0.15) is 5.92 Å². The first kappa shape index (κ1) is 20.3. The summed E-state index contributed by atoms with van der Waals surface area (Å²) in [6, 6.07) is 16.2. The van der Waals surface area contributed by atoms with Crippen molar-refractivity contribution in [2.45, 2.75) is 13.8 Å². The van der Waals surface area contributed by atoms with Crippen molar-refractivity contribution in [3.05, 3.63) is 75.8 Å². The quantitative estimate of drug-likeness (QED) is 0.401. The first-order valence-corrected chi connectivity index (χ1v) is 10.8. The maximum absolute atomic E-state index is 13.1. The summed E-state index contributed by atoms with van der Waals surface area (Å²) in [6.07, 6.45) is 1.31. The Morgan fingerprint density at radius 2 is 1.62 bits per heavy atom. The van der Waals surface area contributed by atoms with Gasteiger partial charge in [-0.05, 0) is 49.6 Å². The van der Waals surface area contributed by atoms with E-state index in [-0.39, 0.29) is 5.91 Å². The number of hydrogen-bond acceptors (Lipinski definition) is 5. The number of hydrazone groups is 2. The summed E-state index contributed by atoms with van der Waals surface area (Å²) in [6.45, 7) is 3.68. The summed E-state index contributed by atoms with van der Waals surface area (Å²) in [7, 11) is 0. The molecule has 2 aliphatic heterocycles. The third-order valence-electron chi connectivity index (χ3n) is 5.63. The summed E-state index contributed by atoms with van der Waals surface area (Å²) in [5.74, 6) is -2.12. The predicted octanol–water partition coefficient (Wildman–Crippen LogP) is 4.53. The van der Waals surface area contributed by atoms with Gasteiger partial charge >= 0.3 is 0 Å². The van der Waals surface area contributed by atoms with Crippen molar-refractivity contribution >= 4 is 62.0 Å². The molecule has 3 amide bonds. The van der Waals surface area contributed by atoms with Crippen molar-refractivity contribution in [2.75, 3.05) is 5.01 Å². The van der Waals surface area contributed by atoms with Gasteiger partial charge in [-0.15, -0.1) is 0 Å². The molecule has 2 aliphatic rings. The number of amides is 3. The first-order chi connectivity index (χ1) is 15.4. The lowest BCUT2D eigenvalue weighted by atomic mass is 9.95. The van der Waals surface area contributed by atoms with E-state index in [1.54, 1.807) is 31.2 Å². The van der Waals surface area contributed by atoms with E-state index in [0.29, 0.717) is 27.9 Å². The molecule has 3 aromatic rings. The molecular formula is C24H17BrN4O3. The number of carbonyl (C=O) groups is 3. The lowest BCUT2D eigenvalue weighted by Crippen LogP contribution is -2.37. The molecule has 2 heterocycles. The van der Waals surface area contributed by atoms with Gasteiger partial charge < -0.3 is 0 Å². The Morgan fingerprint density at radius 3 is 2.34 bits per heavy atom. The van der Waals surface area contributed by atoms with E-state index in [0.717, 1.165) is 20.4 Å². The fourth-order valence-corrected chi connectivity index (χ4v) is 4.37. The van der Waals surface area contributed by atoms with Crippen molar-refractivity contribution in [3.63, 3.8) is 0 Å². The summed E-state index contributed by atoms with van der Waals surface area (Å²) in [4.78, 5) is 39.1. The minimum Gasteiger partial charge on any atom is -0.271 e. The molecule has 8 heteroatoms. The van der Waals surface area contributed by atoms with Crippen molar-refractivity contribution in [3.8, 4) is 0 Å². The predicted molar refractivity (Wildman–Crippen MR) is 126 cm³/mol. The number of imide groups is 1. The van der Waals surface area contributed by atoms with Gasteiger partial charge in [-0.2, -0.15) is 20.2 Å². The Bertz CT molecular complexity index is 1360. The third kappa shape index (κ3) is 3.06. The number of benzene rings is 3. The molecule has 32 heavy (non-hydrogen) atoms. The van der Waals surface area contributed by atoms with Gasteiger partial charge in [-0.1, -0.05) is 45.8 Å². The van der Waals surface area contributed by atoms with Crippen LogP contribution < -0.4 is 5.01 Å². The maximum Gasteiger partial charge on any atom is 0.282 e. The monoisotopic (exact) mass is 488 g/mol. The zero-order chi connectivity index (χ0) is 22.6. The second-order valence-electron chi connectivity index (χ2n) is 7.71. The number of anilines is 1. The van der Waals surface area contributed by atoms with Crippen molar-refractivity contribution < 1.29 is 14.4 Å². The molecule has 3 aromatic carbocycles. The molecule has 0 saturated heterocycles. The van der Waals surface area contributed by atoms with Gasteiger partial charge in [0.2, 0.25) is 0 Å². The number of halogens is 1. The number of aryl methyl sites for hydroxylation is 1. The maximum atomic E-state index is 13.1. The number of carbonyl (C=O) groups excluding carboxylic acids is 3. The zero-order valence-corrected chi connectivity index (χ0v) is 18.8.